The van der Waals surface area contributed by atoms with E-state index in [-0.39, 0.29) is 12.5 Å². The minimum atomic E-state index is -0.828. The largest absolute Gasteiger partial charge is 0.394 e. The third-order valence-corrected chi connectivity index (χ3v) is 7.49. The number of amides is 1. The van der Waals surface area contributed by atoms with Gasteiger partial charge in [0.05, 0.1) is 18.8 Å². The molecule has 37 heavy (non-hydrogen) atoms. The number of carbonyl (C=O) groups is 1. The highest BCUT2D eigenvalue weighted by Gasteiger charge is 2.17. The first kappa shape index (κ1) is 36.1. The molecule has 0 bridgehead atoms. The van der Waals surface area contributed by atoms with Gasteiger partial charge in [-0.3, -0.25) is 4.79 Å². The molecule has 1 amide bonds. The third kappa shape index (κ3) is 26.5. The van der Waals surface area contributed by atoms with Gasteiger partial charge in [0.2, 0.25) is 5.91 Å². The Morgan fingerprint density at radius 1 is 0.622 bits per heavy atom. The van der Waals surface area contributed by atoms with Gasteiger partial charge in [-0.05, 0) is 19.3 Å². The van der Waals surface area contributed by atoms with Crippen molar-refractivity contribution in [2.45, 2.75) is 187 Å². The molecule has 0 aliphatic heterocycles. The number of unbranched alkanes of at least 4 members (excludes halogenated alkanes) is 22. The molecule has 0 rings (SSSR count). The van der Waals surface area contributed by atoms with E-state index in [9.17, 15) is 15.0 Å². The highest BCUT2D eigenvalue weighted by Crippen LogP contribution is 2.15. The zero-order chi connectivity index (χ0) is 27.2. The van der Waals surface area contributed by atoms with Crippen molar-refractivity contribution in [3.05, 3.63) is 12.2 Å². The van der Waals surface area contributed by atoms with Gasteiger partial charge in [0.15, 0.2) is 0 Å². The highest BCUT2D eigenvalue weighted by molar-refractivity contribution is 5.76. The molecule has 0 fully saturated rings. The monoisotopic (exact) mass is 523 g/mol. The Morgan fingerprint density at radius 3 is 1.35 bits per heavy atom. The number of aliphatic hydroxyl groups is 2. The summed E-state index contributed by atoms with van der Waals surface area (Å²) in [5.41, 5.74) is 0. The standard InChI is InChI=1S/C33H65NO3/c1-3-5-6-7-8-9-10-11-12-13-14-15-16-17-18-19-20-21-22-23-24-25-26-27-29-32(36)31(30-35)34-33(37)28-4-2/h27,29,31-32,35-36H,3-26,28,30H2,1-2H3,(H,34,37)/b29-27+. The van der Waals surface area contributed by atoms with Crippen molar-refractivity contribution in [3.63, 3.8) is 0 Å². The molecule has 0 heterocycles. The van der Waals surface area contributed by atoms with Crippen LogP contribution in [0.5, 0.6) is 0 Å². The van der Waals surface area contributed by atoms with E-state index in [0.717, 1.165) is 19.3 Å². The van der Waals surface area contributed by atoms with Gasteiger partial charge in [-0.15, -0.1) is 0 Å². The van der Waals surface area contributed by atoms with Crippen LogP contribution in [0.4, 0.5) is 0 Å². The highest BCUT2D eigenvalue weighted by atomic mass is 16.3. The summed E-state index contributed by atoms with van der Waals surface area (Å²) >= 11 is 0. The first-order valence-electron chi connectivity index (χ1n) is 16.4. The maximum absolute atomic E-state index is 11.6. The quantitative estimate of drug-likeness (QED) is 0.0676. The summed E-state index contributed by atoms with van der Waals surface area (Å²) in [6.45, 7) is 3.98. The third-order valence-electron chi connectivity index (χ3n) is 7.49. The van der Waals surface area contributed by atoms with Crippen LogP contribution < -0.4 is 5.32 Å². The lowest BCUT2D eigenvalue weighted by atomic mass is 10.0. The Hall–Kier alpha value is -0.870. The van der Waals surface area contributed by atoms with Gasteiger partial charge in [-0.1, -0.05) is 161 Å². The molecule has 220 valence electrons. The first-order chi connectivity index (χ1) is 18.2. The molecular weight excluding hydrogens is 458 g/mol. The van der Waals surface area contributed by atoms with Crippen LogP contribution >= 0.6 is 0 Å². The number of hydrogen-bond donors (Lipinski definition) is 3. The second-order valence-electron chi connectivity index (χ2n) is 11.2. The Kier molecular flexibility index (Phi) is 29.0. The van der Waals surface area contributed by atoms with E-state index in [2.05, 4.69) is 12.2 Å². The van der Waals surface area contributed by atoms with Crippen LogP contribution in [-0.4, -0.2) is 34.9 Å². The average Bonchev–Trinajstić information content (AvgIpc) is 2.89. The van der Waals surface area contributed by atoms with E-state index in [1.165, 1.54) is 135 Å². The number of hydrogen-bond acceptors (Lipinski definition) is 3. The fraction of sp³-hybridized carbons (Fsp3) is 0.909. The molecule has 0 aromatic rings. The van der Waals surface area contributed by atoms with Crippen LogP contribution in [0.2, 0.25) is 0 Å². The van der Waals surface area contributed by atoms with Crippen molar-refractivity contribution in [3.8, 4) is 0 Å². The van der Waals surface area contributed by atoms with E-state index in [0.29, 0.717) is 6.42 Å². The summed E-state index contributed by atoms with van der Waals surface area (Å²) in [6.07, 6.45) is 35.7. The Labute approximate surface area is 231 Å². The molecule has 2 unspecified atom stereocenters. The van der Waals surface area contributed by atoms with Gasteiger partial charge in [-0.25, -0.2) is 0 Å². The Balaban J connectivity index is 3.33. The number of rotatable bonds is 29. The summed E-state index contributed by atoms with van der Waals surface area (Å²) in [5.74, 6) is -0.117. The number of carbonyl (C=O) groups excluding carboxylic acids is 1. The van der Waals surface area contributed by atoms with Crippen molar-refractivity contribution in [1.29, 1.82) is 0 Å². The van der Waals surface area contributed by atoms with Crippen molar-refractivity contribution < 1.29 is 15.0 Å². The van der Waals surface area contributed by atoms with E-state index in [1.807, 2.05) is 13.0 Å². The van der Waals surface area contributed by atoms with Crippen molar-refractivity contribution in [2.24, 2.45) is 0 Å². The minimum absolute atomic E-state index is 0.117. The van der Waals surface area contributed by atoms with E-state index in [4.69, 9.17) is 0 Å². The fourth-order valence-corrected chi connectivity index (χ4v) is 4.99. The van der Waals surface area contributed by atoms with Gasteiger partial charge in [0.1, 0.15) is 0 Å². The molecule has 0 spiro atoms. The van der Waals surface area contributed by atoms with E-state index >= 15 is 0 Å². The fourth-order valence-electron chi connectivity index (χ4n) is 4.99. The lowest BCUT2D eigenvalue weighted by Gasteiger charge is -2.19. The van der Waals surface area contributed by atoms with Gasteiger partial charge >= 0.3 is 0 Å². The molecule has 0 aromatic carbocycles. The van der Waals surface area contributed by atoms with Crippen LogP contribution in [0, 0.1) is 0 Å². The van der Waals surface area contributed by atoms with Crippen LogP contribution in [0.15, 0.2) is 12.2 Å². The molecule has 0 aliphatic rings. The normalized spacial score (nSPS) is 13.3. The predicted molar refractivity (Wildman–Crippen MR) is 161 cm³/mol. The van der Waals surface area contributed by atoms with E-state index in [1.54, 1.807) is 6.08 Å². The van der Waals surface area contributed by atoms with E-state index < -0.39 is 12.1 Å². The van der Waals surface area contributed by atoms with Gasteiger partial charge in [0, 0.05) is 6.42 Å². The van der Waals surface area contributed by atoms with Gasteiger partial charge < -0.3 is 15.5 Å². The molecule has 3 N–H and O–H groups in total. The number of aliphatic hydroxyl groups excluding tert-OH is 2. The SMILES string of the molecule is CCCCCCCCCCCCCCCCCCCCCCCC/C=C/C(O)C(CO)NC(=O)CCC. The lowest BCUT2D eigenvalue weighted by molar-refractivity contribution is -0.122. The smallest absolute Gasteiger partial charge is 0.220 e. The molecule has 2 atom stereocenters. The molecular formula is C33H65NO3. The molecule has 0 aliphatic carbocycles. The maximum Gasteiger partial charge on any atom is 0.220 e. The van der Waals surface area contributed by atoms with Crippen molar-refractivity contribution >= 4 is 5.91 Å². The van der Waals surface area contributed by atoms with Gasteiger partial charge in [0.25, 0.3) is 0 Å². The number of nitrogens with one attached hydrogen (secondary N) is 1. The van der Waals surface area contributed by atoms with Gasteiger partial charge in [-0.2, -0.15) is 0 Å². The van der Waals surface area contributed by atoms with Crippen molar-refractivity contribution in [1.82, 2.24) is 5.32 Å². The molecule has 0 saturated carbocycles. The number of allylic oxidation sites excluding steroid dienone is 1. The topological polar surface area (TPSA) is 69.6 Å². The molecule has 0 saturated heterocycles. The Morgan fingerprint density at radius 2 is 1.00 bits per heavy atom. The molecule has 0 radical (unpaired) electrons. The first-order valence-corrected chi connectivity index (χ1v) is 16.4. The summed E-state index contributed by atoms with van der Waals surface area (Å²) in [6, 6.07) is -0.611. The van der Waals surface area contributed by atoms with Crippen LogP contribution in [0.3, 0.4) is 0 Å². The molecule has 4 nitrogen and oxygen atoms in total. The molecule has 4 heteroatoms. The van der Waals surface area contributed by atoms with Crippen LogP contribution in [0.25, 0.3) is 0 Å². The van der Waals surface area contributed by atoms with Crippen LogP contribution in [-0.2, 0) is 4.79 Å². The zero-order valence-corrected chi connectivity index (χ0v) is 25.0. The second kappa shape index (κ2) is 29.7. The zero-order valence-electron chi connectivity index (χ0n) is 25.0. The summed E-state index contributed by atoms with van der Waals surface area (Å²) in [5, 5.41) is 22.2. The lowest BCUT2D eigenvalue weighted by Crippen LogP contribution is -2.45. The minimum Gasteiger partial charge on any atom is -0.394 e. The summed E-state index contributed by atoms with van der Waals surface area (Å²) in [4.78, 5) is 11.6. The predicted octanol–water partition coefficient (Wildman–Crippen LogP) is 9.17. The maximum atomic E-state index is 11.6. The Bertz CT molecular complexity index is 494. The van der Waals surface area contributed by atoms with Crippen molar-refractivity contribution in [2.75, 3.05) is 6.61 Å². The molecule has 0 aromatic heterocycles. The summed E-state index contributed by atoms with van der Waals surface area (Å²) in [7, 11) is 0. The van der Waals surface area contributed by atoms with Crippen LogP contribution in [0.1, 0.15) is 174 Å². The second-order valence-corrected chi connectivity index (χ2v) is 11.2. The average molecular weight is 524 g/mol. The summed E-state index contributed by atoms with van der Waals surface area (Å²) < 4.78 is 0.